The van der Waals surface area contributed by atoms with E-state index in [0.29, 0.717) is 31.5 Å². The molecule has 1 aliphatic rings. The average Bonchev–Trinajstić information content (AvgIpc) is 3.21. The monoisotopic (exact) mass is 466 g/mol. The summed E-state index contributed by atoms with van der Waals surface area (Å²) in [5, 5.41) is 0.850. The van der Waals surface area contributed by atoms with Crippen molar-refractivity contribution in [3.63, 3.8) is 0 Å². The quantitative estimate of drug-likeness (QED) is 0.609. The summed E-state index contributed by atoms with van der Waals surface area (Å²) in [7, 11) is -3.92. The van der Waals surface area contributed by atoms with E-state index in [1.54, 1.807) is 17.0 Å². The summed E-state index contributed by atoms with van der Waals surface area (Å²) in [6.07, 6.45) is -3.33. The number of rotatable bonds is 5. The number of nitrogens with zero attached hydrogens (tertiary/aromatic N) is 1. The van der Waals surface area contributed by atoms with E-state index in [4.69, 9.17) is 4.42 Å². The Morgan fingerprint density at radius 1 is 1.06 bits per heavy atom. The van der Waals surface area contributed by atoms with Gasteiger partial charge in [0.25, 0.3) is 5.91 Å². The number of halogens is 3. The maximum absolute atomic E-state index is 12.7. The number of likely N-dealkylation sites (tertiary alicyclic amines) is 1. The lowest BCUT2D eigenvalue weighted by molar-refractivity contribution is -0.137. The fourth-order valence-electron chi connectivity index (χ4n) is 3.72. The molecule has 0 bridgehead atoms. The summed E-state index contributed by atoms with van der Waals surface area (Å²) in [5.41, 5.74) is -0.263. The van der Waals surface area contributed by atoms with Crippen molar-refractivity contribution in [3.05, 3.63) is 65.9 Å². The second-order valence-electron chi connectivity index (χ2n) is 7.76. The van der Waals surface area contributed by atoms with Gasteiger partial charge < -0.3 is 9.32 Å². The lowest BCUT2D eigenvalue weighted by Crippen LogP contribution is -2.41. The third kappa shape index (κ3) is 4.81. The van der Waals surface area contributed by atoms with Crippen molar-refractivity contribution in [3.8, 4) is 0 Å². The van der Waals surface area contributed by atoms with E-state index in [1.807, 2.05) is 18.2 Å². The van der Waals surface area contributed by atoms with Crippen LogP contribution in [-0.4, -0.2) is 38.9 Å². The highest BCUT2D eigenvalue weighted by Crippen LogP contribution is 2.30. The van der Waals surface area contributed by atoms with Crippen molar-refractivity contribution >= 4 is 26.9 Å². The molecular weight excluding hydrogens is 445 g/mol. The Morgan fingerprint density at radius 2 is 1.72 bits per heavy atom. The molecule has 32 heavy (non-hydrogen) atoms. The van der Waals surface area contributed by atoms with Crippen LogP contribution in [0.2, 0.25) is 0 Å². The summed E-state index contributed by atoms with van der Waals surface area (Å²) in [6, 6.07) is 12.4. The largest absolute Gasteiger partial charge is 0.451 e. The molecule has 1 fully saturated rings. The van der Waals surface area contributed by atoms with Crippen LogP contribution in [0.15, 0.2) is 63.9 Å². The van der Waals surface area contributed by atoms with E-state index >= 15 is 0 Å². The summed E-state index contributed by atoms with van der Waals surface area (Å²) >= 11 is 0. The first-order chi connectivity index (χ1) is 15.1. The van der Waals surface area contributed by atoms with Gasteiger partial charge in [-0.25, -0.2) is 13.1 Å². The number of hydrogen-bond donors (Lipinski definition) is 1. The van der Waals surface area contributed by atoms with Gasteiger partial charge in [-0.3, -0.25) is 4.79 Å². The predicted octanol–water partition coefficient (Wildman–Crippen LogP) is 4.28. The van der Waals surface area contributed by atoms with Crippen molar-refractivity contribution in [1.29, 1.82) is 0 Å². The number of fused-ring (bicyclic) bond motifs is 1. The number of furan rings is 1. The van der Waals surface area contributed by atoms with Gasteiger partial charge in [-0.05, 0) is 55.2 Å². The second kappa shape index (κ2) is 8.59. The van der Waals surface area contributed by atoms with E-state index in [2.05, 4.69) is 4.72 Å². The molecular formula is C22H21F3N2O4S. The Hall–Kier alpha value is -2.85. The Kier molecular flexibility index (Phi) is 6.00. The smallest absolute Gasteiger partial charge is 0.416 e. The zero-order valence-electron chi connectivity index (χ0n) is 16.9. The Labute approximate surface area is 183 Å². The third-order valence-electron chi connectivity index (χ3n) is 5.59. The maximum atomic E-state index is 12.7. The number of carbonyl (C=O) groups excluding carboxylic acids is 1. The van der Waals surface area contributed by atoms with Gasteiger partial charge in [0.2, 0.25) is 10.0 Å². The Balaban J connectivity index is 1.31. The lowest BCUT2D eigenvalue weighted by Gasteiger charge is -2.31. The molecule has 1 aliphatic heterocycles. The normalized spacial score (nSPS) is 15.9. The van der Waals surface area contributed by atoms with Crippen LogP contribution in [0.5, 0.6) is 0 Å². The number of nitrogens with one attached hydrogen (secondary N) is 1. The molecule has 0 atom stereocenters. The van der Waals surface area contributed by atoms with Gasteiger partial charge in [0, 0.05) is 25.0 Å². The van der Waals surface area contributed by atoms with Crippen LogP contribution in [0.4, 0.5) is 13.2 Å². The average molecular weight is 466 g/mol. The molecule has 170 valence electrons. The molecule has 1 saturated heterocycles. The van der Waals surface area contributed by atoms with E-state index in [-0.39, 0.29) is 29.0 Å². The summed E-state index contributed by atoms with van der Waals surface area (Å²) in [6.45, 7) is 1.07. The van der Waals surface area contributed by atoms with E-state index < -0.39 is 21.8 Å². The van der Waals surface area contributed by atoms with Crippen LogP contribution in [0.3, 0.4) is 0 Å². The van der Waals surface area contributed by atoms with Gasteiger partial charge in [-0.15, -0.1) is 0 Å². The molecule has 3 aromatic rings. The summed E-state index contributed by atoms with van der Waals surface area (Å²) in [5.74, 6) is 0.0802. The van der Waals surface area contributed by atoms with Gasteiger partial charge in [0.15, 0.2) is 5.76 Å². The molecule has 0 spiro atoms. The number of para-hydroxylation sites is 1. The highest BCUT2D eigenvalue weighted by molar-refractivity contribution is 7.89. The van der Waals surface area contributed by atoms with Crippen LogP contribution in [0, 0.1) is 5.92 Å². The SMILES string of the molecule is O=C(c1cc2ccccc2o1)N1CCC(CNS(=O)(=O)c2ccc(C(F)(F)F)cc2)CC1. The number of amides is 1. The maximum Gasteiger partial charge on any atom is 0.416 e. The molecule has 0 aliphatic carbocycles. The van der Waals surface area contributed by atoms with Crippen molar-refractivity contribution in [2.75, 3.05) is 19.6 Å². The minimum atomic E-state index is -4.52. The van der Waals surface area contributed by atoms with Crippen LogP contribution < -0.4 is 4.72 Å². The van der Waals surface area contributed by atoms with Gasteiger partial charge in [0.1, 0.15) is 5.58 Å². The van der Waals surface area contributed by atoms with E-state index in [1.165, 1.54) is 0 Å². The fourth-order valence-corrected chi connectivity index (χ4v) is 4.83. The van der Waals surface area contributed by atoms with Crippen molar-refractivity contribution in [2.45, 2.75) is 23.9 Å². The molecule has 2 heterocycles. The van der Waals surface area contributed by atoms with E-state index in [0.717, 1.165) is 29.7 Å². The van der Waals surface area contributed by atoms with Crippen molar-refractivity contribution < 1.29 is 30.8 Å². The number of carbonyl (C=O) groups is 1. The molecule has 6 nitrogen and oxygen atoms in total. The highest BCUT2D eigenvalue weighted by Gasteiger charge is 2.31. The fraction of sp³-hybridized carbons (Fsp3) is 0.318. The molecule has 0 saturated carbocycles. The van der Waals surface area contributed by atoms with E-state index in [9.17, 15) is 26.4 Å². The number of hydrogen-bond acceptors (Lipinski definition) is 4. The molecule has 4 rings (SSSR count). The number of alkyl halides is 3. The van der Waals surface area contributed by atoms with Gasteiger partial charge in [-0.1, -0.05) is 18.2 Å². The van der Waals surface area contributed by atoms with Crippen molar-refractivity contribution in [1.82, 2.24) is 9.62 Å². The minimum absolute atomic E-state index is 0.0129. The Morgan fingerprint density at radius 3 is 2.34 bits per heavy atom. The summed E-state index contributed by atoms with van der Waals surface area (Å²) in [4.78, 5) is 14.2. The van der Waals surface area contributed by atoms with Gasteiger partial charge in [-0.2, -0.15) is 13.2 Å². The van der Waals surface area contributed by atoms with Crippen LogP contribution in [-0.2, 0) is 16.2 Å². The molecule has 1 N–H and O–H groups in total. The highest BCUT2D eigenvalue weighted by atomic mass is 32.2. The zero-order valence-corrected chi connectivity index (χ0v) is 17.7. The standard InChI is InChI=1S/C22H21F3N2O4S/c23-22(24,25)17-5-7-18(8-6-17)32(29,30)26-14-15-9-11-27(12-10-15)21(28)20-13-16-3-1-2-4-19(16)31-20/h1-8,13,15,26H,9-12,14H2. The van der Waals surface area contributed by atoms with Gasteiger partial charge >= 0.3 is 6.18 Å². The topological polar surface area (TPSA) is 79.6 Å². The minimum Gasteiger partial charge on any atom is -0.451 e. The van der Waals surface area contributed by atoms with Crippen LogP contribution in [0.25, 0.3) is 11.0 Å². The molecule has 0 unspecified atom stereocenters. The third-order valence-corrected chi connectivity index (χ3v) is 7.03. The Bertz CT molecular complexity index is 1180. The first kappa shape index (κ1) is 22.3. The molecule has 1 amide bonds. The molecule has 2 aromatic carbocycles. The van der Waals surface area contributed by atoms with Gasteiger partial charge in [0.05, 0.1) is 10.5 Å². The first-order valence-corrected chi connectivity index (χ1v) is 11.6. The molecule has 10 heteroatoms. The second-order valence-corrected chi connectivity index (χ2v) is 9.53. The van der Waals surface area contributed by atoms with Crippen molar-refractivity contribution in [2.24, 2.45) is 5.92 Å². The summed E-state index contributed by atoms with van der Waals surface area (Å²) < 4.78 is 70.9. The molecule has 1 aromatic heterocycles. The number of piperidine rings is 1. The number of sulfonamides is 1. The zero-order chi connectivity index (χ0) is 22.9. The van der Waals surface area contributed by atoms with Crippen LogP contribution >= 0.6 is 0 Å². The van der Waals surface area contributed by atoms with Crippen LogP contribution in [0.1, 0.15) is 29.0 Å². The predicted molar refractivity (Wildman–Crippen MR) is 111 cm³/mol. The lowest BCUT2D eigenvalue weighted by atomic mass is 9.97. The first-order valence-electron chi connectivity index (χ1n) is 10.1. The molecule has 0 radical (unpaired) electrons. The number of benzene rings is 2.